The van der Waals surface area contributed by atoms with Crippen molar-refractivity contribution in [2.75, 3.05) is 9.80 Å². The summed E-state index contributed by atoms with van der Waals surface area (Å²) in [5.74, 6) is 0. The summed E-state index contributed by atoms with van der Waals surface area (Å²) in [6.07, 6.45) is 0. The van der Waals surface area contributed by atoms with E-state index in [4.69, 9.17) is 0 Å². The molecule has 0 atom stereocenters. The molecule has 76 heavy (non-hydrogen) atoms. The smallest absolute Gasteiger partial charge is 0.0741 e. The van der Waals surface area contributed by atoms with E-state index in [9.17, 15) is 0 Å². The Hall–Kier alpha value is -8.63. The normalized spacial score (nSPS) is 14.8. The Morgan fingerprint density at radius 1 is 0.263 bits per heavy atom. The standard InChI is InChI=1S/C73H54N2S/c1-71(2)61-32-11-8-27-55(61)58-41-39-52(45-66(58)71)74(48-22-6-5-7-23-48)50-25-19-26-51(44-50)75(53-40-42-59-56-28-9-12-33-62(56)72(3,4)67(59)46-53)49-24-18-21-47(43-49)54-30-20-31-60-57-29-10-13-34-63(57)73(70(54)60)64-35-14-16-37-68(64)76-69-38-17-15-36-65(69)73/h5-46H,1-4H3. The molecule has 1 spiro atoms. The summed E-state index contributed by atoms with van der Waals surface area (Å²) in [5, 5.41) is 0. The summed E-state index contributed by atoms with van der Waals surface area (Å²) in [7, 11) is 0. The van der Waals surface area contributed by atoms with Crippen molar-refractivity contribution in [1.82, 2.24) is 0 Å². The first-order valence-electron chi connectivity index (χ1n) is 26.7. The third-order valence-electron chi connectivity index (χ3n) is 17.3. The number of nitrogens with zero attached hydrogens (tertiary/aromatic N) is 2. The lowest BCUT2D eigenvalue weighted by molar-refractivity contribution is 0.660. The highest BCUT2D eigenvalue weighted by Gasteiger charge is 2.51. The maximum atomic E-state index is 2.49. The molecule has 362 valence electrons. The number of rotatable bonds is 7. The molecule has 3 aliphatic carbocycles. The molecule has 11 aromatic rings. The minimum Gasteiger partial charge on any atom is -0.310 e. The number of benzene rings is 11. The van der Waals surface area contributed by atoms with Gasteiger partial charge in [0.15, 0.2) is 0 Å². The number of para-hydroxylation sites is 1. The Balaban J connectivity index is 0.934. The Bertz CT molecular complexity index is 4140. The van der Waals surface area contributed by atoms with Gasteiger partial charge in [0.1, 0.15) is 0 Å². The predicted octanol–water partition coefficient (Wildman–Crippen LogP) is 19.7. The predicted molar refractivity (Wildman–Crippen MR) is 318 cm³/mol. The molecule has 1 heterocycles. The molecular weight excluding hydrogens is 937 g/mol. The summed E-state index contributed by atoms with van der Waals surface area (Å²) in [4.78, 5) is 7.53. The van der Waals surface area contributed by atoms with E-state index in [0.29, 0.717) is 0 Å². The van der Waals surface area contributed by atoms with E-state index in [1.165, 1.54) is 98.8 Å². The van der Waals surface area contributed by atoms with Gasteiger partial charge in [0.05, 0.1) is 5.41 Å². The van der Waals surface area contributed by atoms with Crippen molar-refractivity contribution < 1.29 is 0 Å². The lowest BCUT2D eigenvalue weighted by Gasteiger charge is -2.40. The van der Waals surface area contributed by atoms with Crippen LogP contribution in [0.5, 0.6) is 0 Å². The lowest BCUT2D eigenvalue weighted by atomic mass is 9.66. The molecule has 2 nitrogen and oxygen atoms in total. The van der Waals surface area contributed by atoms with E-state index in [2.05, 4.69) is 292 Å². The highest BCUT2D eigenvalue weighted by molar-refractivity contribution is 7.99. The van der Waals surface area contributed by atoms with Crippen LogP contribution in [0.1, 0.15) is 72.2 Å². The molecule has 0 unspecified atom stereocenters. The van der Waals surface area contributed by atoms with Crippen molar-refractivity contribution in [3.05, 3.63) is 299 Å². The van der Waals surface area contributed by atoms with Gasteiger partial charge < -0.3 is 9.80 Å². The largest absolute Gasteiger partial charge is 0.310 e. The highest BCUT2D eigenvalue weighted by Crippen LogP contribution is 2.64. The monoisotopic (exact) mass is 990 g/mol. The molecule has 0 radical (unpaired) electrons. The lowest BCUT2D eigenvalue weighted by Crippen LogP contribution is -2.32. The number of hydrogen-bond donors (Lipinski definition) is 0. The molecule has 0 aromatic heterocycles. The average molecular weight is 991 g/mol. The van der Waals surface area contributed by atoms with Gasteiger partial charge in [0.2, 0.25) is 0 Å². The van der Waals surface area contributed by atoms with Gasteiger partial charge in [-0.2, -0.15) is 0 Å². The summed E-state index contributed by atoms with van der Waals surface area (Å²) >= 11 is 1.89. The Morgan fingerprint density at radius 3 is 1.22 bits per heavy atom. The minimum absolute atomic E-state index is 0.140. The summed E-state index contributed by atoms with van der Waals surface area (Å²) in [6, 6.07) is 95.8. The second-order valence-corrected chi connectivity index (χ2v) is 23.1. The van der Waals surface area contributed by atoms with Crippen molar-refractivity contribution in [2.24, 2.45) is 0 Å². The van der Waals surface area contributed by atoms with Gasteiger partial charge in [0.25, 0.3) is 0 Å². The van der Waals surface area contributed by atoms with Gasteiger partial charge in [-0.05, 0) is 168 Å². The van der Waals surface area contributed by atoms with E-state index >= 15 is 0 Å². The van der Waals surface area contributed by atoms with Crippen molar-refractivity contribution >= 4 is 45.9 Å². The van der Waals surface area contributed by atoms with Crippen LogP contribution in [-0.2, 0) is 16.2 Å². The number of hydrogen-bond acceptors (Lipinski definition) is 3. The first-order valence-corrected chi connectivity index (χ1v) is 27.5. The molecule has 11 aromatic carbocycles. The molecule has 1 aliphatic heterocycles. The van der Waals surface area contributed by atoms with E-state index in [1.807, 2.05) is 11.8 Å². The summed E-state index contributed by atoms with van der Waals surface area (Å²) < 4.78 is 0. The van der Waals surface area contributed by atoms with Gasteiger partial charge in [-0.1, -0.05) is 215 Å². The van der Waals surface area contributed by atoms with Gasteiger partial charge >= 0.3 is 0 Å². The Kier molecular flexibility index (Phi) is 9.84. The van der Waals surface area contributed by atoms with Crippen LogP contribution in [0.3, 0.4) is 0 Å². The zero-order valence-corrected chi connectivity index (χ0v) is 43.9. The molecule has 0 fully saturated rings. The fourth-order valence-corrected chi connectivity index (χ4v) is 15.1. The van der Waals surface area contributed by atoms with Crippen LogP contribution in [0.4, 0.5) is 34.1 Å². The molecular formula is C73H54N2S. The maximum absolute atomic E-state index is 2.49. The Morgan fingerprint density at radius 2 is 0.645 bits per heavy atom. The van der Waals surface area contributed by atoms with Crippen molar-refractivity contribution in [3.8, 4) is 44.5 Å². The molecule has 0 saturated carbocycles. The van der Waals surface area contributed by atoms with E-state index in [-0.39, 0.29) is 10.8 Å². The van der Waals surface area contributed by atoms with Crippen LogP contribution < -0.4 is 9.80 Å². The van der Waals surface area contributed by atoms with Gasteiger partial charge in [0, 0.05) is 54.7 Å². The quantitative estimate of drug-likeness (QED) is 0.157. The van der Waals surface area contributed by atoms with E-state index in [1.54, 1.807) is 0 Å². The van der Waals surface area contributed by atoms with Gasteiger partial charge in [-0.15, -0.1) is 0 Å². The third kappa shape index (κ3) is 6.36. The van der Waals surface area contributed by atoms with Crippen molar-refractivity contribution in [1.29, 1.82) is 0 Å². The molecule has 0 saturated heterocycles. The fraction of sp³-hybridized carbons (Fsp3) is 0.0959. The Labute approximate surface area is 450 Å². The van der Waals surface area contributed by atoms with Crippen LogP contribution in [0.15, 0.2) is 265 Å². The second kappa shape index (κ2) is 16.7. The molecule has 0 N–H and O–H groups in total. The van der Waals surface area contributed by atoms with Crippen molar-refractivity contribution in [3.63, 3.8) is 0 Å². The maximum Gasteiger partial charge on any atom is 0.0741 e. The molecule has 3 heteroatoms. The van der Waals surface area contributed by atoms with Crippen LogP contribution in [0.25, 0.3) is 44.5 Å². The van der Waals surface area contributed by atoms with Gasteiger partial charge in [-0.25, -0.2) is 0 Å². The van der Waals surface area contributed by atoms with Crippen LogP contribution in [0.2, 0.25) is 0 Å². The zero-order chi connectivity index (χ0) is 50.9. The molecule has 15 rings (SSSR count). The van der Waals surface area contributed by atoms with Crippen molar-refractivity contribution in [2.45, 2.75) is 53.7 Å². The summed E-state index contributed by atoms with van der Waals surface area (Å²) in [6.45, 7) is 9.49. The minimum atomic E-state index is -0.512. The summed E-state index contributed by atoms with van der Waals surface area (Å²) in [5.41, 5.74) is 26.8. The zero-order valence-electron chi connectivity index (χ0n) is 43.1. The number of anilines is 6. The topological polar surface area (TPSA) is 6.48 Å². The second-order valence-electron chi connectivity index (χ2n) is 22.0. The fourth-order valence-electron chi connectivity index (χ4n) is 13.9. The SMILES string of the molecule is CC1(C)c2ccccc2-c2ccc(N(c3ccccc3)c3cccc(N(c4cccc(-c5cccc6c5C5(c7ccccc7Sc7ccccc75)c5ccccc5-6)c4)c4ccc5c(c4)C(C)(C)c4ccccc4-5)c3)cc21. The molecule has 0 bridgehead atoms. The highest BCUT2D eigenvalue weighted by atomic mass is 32.2. The average Bonchev–Trinajstić information content (AvgIpc) is 4.21. The molecule has 4 aliphatic rings. The van der Waals surface area contributed by atoms with Crippen LogP contribution in [-0.4, -0.2) is 0 Å². The van der Waals surface area contributed by atoms with E-state index in [0.717, 1.165) is 34.1 Å². The first-order chi connectivity index (χ1) is 37.2. The first kappa shape index (κ1) is 44.8. The van der Waals surface area contributed by atoms with Crippen LogP contribution >= 0.6 is 11.8 Å². The third-order valence-corrected chi connectivity index (χ3v) is 18.4. The van der Waals surface area contributed by atoms with Gasteiger partial charge in [-0.3, -0.25) is 0 Å². The van der Waals surface area contributed by atoms with Crippen LogP contribution in [0, 0.1) is 0 Å². The molecule has 0 amide bonds. The van der Waals surface area contributed by atoms with E-state index < -0.39 is 5.41 Å². The number of fused-ring (bicyclic) bond motifs is 15.